The third kappa shape index (κ3) is 1.91. The van der Waals surface area contributed by atoms with Gasteiger partial charge in [0.25, 0.3) is 0 Å². The summed E-state index contributed by atoms with van der Waals surface area (Å²) in [6.45, 7) is 0. The van der Waals surface area contributed by atoms with Crippen LogP contribution in [0, 0.1) is 0 Å². The summed E-state index contributed by atoms with van der Waals surface area (Å²) in [6, 6.07) is 6.50. The number of carbonyl (C=O) groups is 1. The lowest BCUT2D eigenvalue weighted by Gasteiger charge is -2.36. The van der Waals surface area contributed by atoms with Crippen LogP contribution in [0.4, 0.5) is 0 Å². The summed E-state index contributed by atoms with van der Waals surface area (Å²) in [5.41, 5.74) is 9.61. The zero-order chi connectivity index (χ0) is 11.9. The number of ketones is 1. The Morgan fingerprint density at radius 3 is 2.65 bits per heavy atom. The van der Waals surface area contributed by atoms with Crippen molar-refractivity contribution >= 4 is 5.78 Å². The molecule has 1 aromatic rings. The monoisotopic (exact) mass is 229 g/mol. The minimum Gasteiger partial charge on any atom is -0.319 e. The van der Waals surface area contributed by atoms with Gasteiger partial charge in [0, 0.05) is 6.42 Å². The van der Waals surface area contributed by atoms with Gasteiger partial charge in [0.1, 0.15) is 0 Å². The first-order chi connectivity index (χ1) is 8.17. The van der Waals surface area contributed by atoms with Crippen LogP contribution in [-0.4, -0.2) is 11.3 Å². The first-order valence-corrected chi connectivity index (χ1v) is 6.60. The third-order valence-electron chi connectivity index (χ3n) is 4.33. The minimum atomic E-state index is -0.501. The molecule has 0 saturated heterocycles. The van der Waals surface area contributed by atoms with Gasteiger partial charge in [0.15, 0.2) is 5.78 Å². The number of benzene rings is 1. The summed E-state index contributed by atoms with van der Waals surface area (Å²) in [5, 5.41) is 0. The third-order valence-corrected chi connectivity index (χ3v) is 4.33. The van der Waals surface area contributed by atoms with Crippen LogP contribution in [0.25, 0.3) is 0 Å². The van der Waals surface area contributed by atoms with E-state index < -0.39 is 5.54 Å². The van der Waals surface area contributed by atoms with Crippen molar-refractivity contribution in [3.63, 3.8) is 0 Å². The van der Waals surface area contributed by atoms with Gasteiger partial charge in [-0.05, 0) is 55.2 Å². The second-order valence-electron chi connectivity index (χ2n) is 5.57. The van der Waals surface area contributed by atoms with Gasteiger partial charge in [-0.3, -0.25) is 4.79 Å². The molecule has 1 aromatic carbocycles. The first-order valence-electron chi connectivity index (χ1n) is 6.60. The summed E-state index contributed by atoms with van der Waals surface area (Å²) in [6.07, 6.45) is 6.99. The highest BCUT2D eigenvalue weighted by Crippen LogP contribution is 2.31. The summed E-state index contributed by atoms with van der Waals surface area (Å²) in [4.78, 5) is 12.1. The number of fused-ring (bicyclic) bond motifs is 1. The second kappa shape index (κ2) is 3.95. The fourth-order valence-electron chi connectivity index (χ4n) is 2.93. The first kappa shape index (κ1) is 11.0. The van der Waals surface area contributed by atoms with E-state index in [9.17, 15) is 4.79 Å². The van der Waals surface area contributed by atoms with Crippen molar-refractivity contribution in [2.75, 3.05) is 0 Å². The zero-order valence-electron chi connectivity index (χ0n) is 10.2. The number of Topliss-reactive ketones (excluding diaryl/α,β-unsaturated/α-hetero) is 1. The minimum absolute atomic E-state index is 0.224. The molecule has 2 heteroatoms. The van der Waals surface area contributed by atoms with Crippen molar-refractivity contribution in [1.29, 1.82) is 0 Å². The van der Waals surface area contributed by atoms with E-state index >= 15 is 0 Å². The van der Waals surface area contributed by atoms with Gasteiger partial charge in [-0.1, -0.05) is 18.2 Å². The van der Waals surface area contributed by atoms with Gasteiger partial charge in [0.05, 0.1) is 5.54 Å². The normalized spacial score (nSPS) is 20.8. The second-order valence-corrected chi connectivity index (χ2v) is 5.57. The quantitative estimate of drug-likeness (QED) is 0.863. The van der Waals surface area contributed by atoms with Crippen molar-refractivity contribution < 1.29 is 4.79 Å². The summed E-state index contributed by atoms with van der Waals surface area (Å²) in [5.74, 6) is 0.224. The van der Waals surface area contributed by atoms with Crippen LogP contribution >= 0.6 is 0 Å². The summed E-state index contributed by atoms with van der Waals surface area (Å²) >= 11 is 0. The van der Waals surface area contributed by atoms with E-state index in [1.54, 1.807) is 0 Å². The van der Waals surface area contributed by atoms with Gasteiger partial charge >= 0.3 is 0 Å². The Hall–Kier alpha value is -1.15. The molecule has 0 spiro atoms. The van der Waals surface area contributed by atoms with Crippen LogP contribution in [0.3, 0.4) is 0 Å². The molecule has 0 aromatic heterocycles. The van der Waals surface area contributed by atoms with E-state index in [1.165, 1.54) is 30.4 Å². The lowest BCUT2D eigenvalue weighted by atomic mass is 9.73. The molecule has 2 nitrogen and oxygen atoms in total. The van der Waals surface area contributed by atoms with Crippen LogP contribution < -0.4 is 5.73 Å². The van der Waals surface area contributed by atoms with Crippen LogP contribution in [0.1, 0.15) is 42.4 Å². The number of carbonyl (C=O) groups excluding carboxylic acids is 1. The molecule has 0 heterocycles. The highest BCUT2D eigenvalue weighted by atomic mass is 16.1. The molecule has 0 aliphatic heterocycles. The van der Waals surface area contributed by atoms with Crippen LogP contribution in [0.5, 0.6) is 0 Å². The van der Waals surface area contributed by atoms with Crippen LogP contribution in [-0.2, 0) is 24.1 Å². The molecule has 2 N–H and O–H groups in total. The summed E-state index contributed by atoms with van der Waals surface area (Å²) < 4.78 is 0. The fraction of sp³-hybridized carbons (Fsp3) is 0.533. The number of nitrogens with two attached hydrogens (primary N) is 1. The molecule has 0 unspecified atom stereocenters. The van der Waals surface area contributed by atoms with Gasteiger partial charge < -0.3 is 5.73 Å². The van der Waals surface area contributed by atoms with Crippen molar-refractivity contribution in [2.24, 2.45) is 5.73 Å². The van der Waals surface area contributed by atoms with E-state index in [2.05, 4.69) is 18.2 Å². The van der Waals surface area contributed by atoms with Gasteiger partial charge in [-0.2, -0.15) is 0 Å². The van der Waals surface area contributed by atoms with Crippen molar-refractivity contribution in [1.82, 2.24) is 0 Å². The maximum atomic E-state index is 12.1. The van der Waals surface area contributed by atoms with Gasteiger partial charge in [-0.25, -0.2) is 0 Å². The average molecular weight is 229 g/mol. The number of rotatable bonds is 3. The number of aryl methyl sites for hydroxylation is 2. The summed E-state index contributed by atoms with van der Waals surface area (Å²) in [7, 11) is 0. The Morgan fingerprint density at radius 2 is 1.94 bits per heavy atom. The van der Waals surface area contributed by atoms with Crippen LogP contribution in [0.15, 0.2) is 18.2 Å². The Morgan fingerprint density at radius 1 is 1.18 bits per heavy atom. The molecule has 17 heavy (non-hydrogen) atoms. The molecule has 1 fully saturated rings. The molecule has 3 rings (SSSR count). The maximum Gasteiger partial charge on any atom is 0.156 e. The molecule has 0 radical (unpaired) electrons. The average Bonchev–Trinajstić information content (AvgIpc) is 2.73. The Kier molecular flexibility index (Phi) is 2.55. The molecule has 0 bridgehead atoms. The van der Waals surface area contributed by atoms with E-state index in [-0.39, 0.29) is 5.78 Å². The van der Waals surface area contributed by atoms with E-state index in [4.69, 9.17) is 5.73 Å². The Balaban J connectivity index is 1.75. The molecular formula is C15H19NO. The predicted octanol–water partition coefficient (Wildman–Crippen LogP) is 2.17. The molecule has 2 aliphatic carbocycles. The lowest BCUT2D eigenvalue weighted by Crippen LogP contribution is -2.54. The van der Waals surface area contributed by atoms with Crippen molar-refractivity contribution in [2.45, 2.75) is 50.5 Å². The Labute approximate surface area is 102 Å². The maximum absolute atomic E-state index is 12.1. The van der Waals surface area contributed by atoms with Crippen LogP contribution in [0.2, 0.25) is 0 Å². The van der Waals surface area contributed by atoms with Gasteiger partial charge in [-0.15, -0.1) is 0 Å². The SMILES string of the molecule is NC1(C(=O)Cc2ccc3c(c2)CCC3)CCC1. The highest BCUT2D eigenvalue weighted by molar-refractivity contribution is 5.90. The smallest absolute Gasteiger partial charge is 0.156 e. The van der Waals surface area contributed by atoms with E-state index in [1.807, 2.05) is 0 Å². The lowest BCUT2D eigenvalue weighted by molar-refractivity contribution is -0.126. The Bertz CT molecular complexity index is 460. The predicted molar refractivity (Wildman–Crippen MR) is 67.9 cm³/mol. The van der Waals surface area contributed by atoms with Crippen molar-refractivity contribution in [3.8, 4) is 0 Å². The number of hydrogen-bond acceptors (Lipinski definition) is 2. The zero-order valence-corrected chi connectivity index (χ0v) is 10.2. The molecule has 2 aliphatic rings. The fourth-order valence-corrected chi connectivity index (χ4v) is 2.93. The van der Waals surface area contributed by atoms with Crippen molar-refractivity contribution in [3.05, 3.63) is 34.9 Å². The topological polar surface area (TPSA) is 43.1 Å². The standard InChI is InChI=1S/C15H19NO/c16-15(7-2-8-15)14(17)10-11-5-6-12-3-1-4-13(12)9-11/h5-6,9H,1-4,7-8,10,16H2. The molecule has 0 amide bonds. The van der Waals surface area contributed by atoms with E-state index in [0.717, 1.165) is 24.8 Å². The molecule has 1 saturated carbocycles. The highest BCUT2D eigenvalue weighted by Gasteiger charge is 2.39. The molecule has 0 atom stereocenters. The largest absolute Gasteiger partial charge is 0.319 e. The molecular weight excluding hydrogens is 210 g/mol. The van der Waals surface area contributed by atoms with E-state index in [0.29, 0.717) is 6.42 Å². The molecule has 90 valence electrons. The number of hydrogen-bond donors (Lipinski definition) is 1. The van der Waals surface area contributed by atoms with Gasteiger partial charge in [0.2, 0.25) is 0 Å².